The average molecular weight is 217 g/mol. The summed E-state index contributed by atoms with van der Waals surface area (Å²) in [5, 5.41) is 8.63. The van der Waals surface area contributed by atoms with Crippen LogP contribution >= 0.6 is 0 Å². The Morgan fingerprint density at radius 2 is 2.38 bits per heavy atom. The Hall–Kier alpha value is -1.67. The third-order valence-corrected chi connectivity index (χ3v) is 3.05. The summed E-state index contributed by atoms with van der Waals surface area (Å²) in [5.74, 6) is 1.36. The van der Waals surface area contributed by atoms with Crippen molar-refractivity contribution in [3.8, 4) is 6.07 Å². The second-order valence-electron chi connectivity index (χ2n) is 4.23. The van der Waals surface area contributed by atoms with Gasteiger partial charge in [0.1, 0.15) is 11.9 Å². The number of rotatable bonds is 2. The van der Waals surface area contributed by atoms with Crippen molar-refractivity contribution in [2.24, 2.45) is 11.7 Å². The highest BCUT2D eigenvalue weighted by Crippen LogP contribution is 2.22. The maximum Gasteiger partial charge on any atom is 0.158 e. The maximum atomic E-state index is 8.63. The Morgan fingerprint density at radius 1 is 1.56 bits per heavy atom. The summed E-state index contributed by atoms with van der Waals surface area (Å²) >= 11 is 0. The second kappa shape index (κ2) is 4.45. The van der Waals surface area contributed by atoms with E-state index in [-0.39, 0.29) is 6.04 Å². The van der Waals surface area contributed by atoms with E-state index in [4.69, 9.17) is 11.0 Å². The van der Waals surface area contributed by atoms with Crippen molar-refractivity contribution in [2.45, 2.75) is 19.4 Å². The lowest BCUT2D eigenvalue weighted by molar-refractivity contribution is 0.488. The fraction of sp³-hybridized carbons (Fsp3) is 0.545. The van der Waals surface area contributed by atoms with Crippen LogP contribution < -0.4 is 10.6 Å². The smallest absolute Gasteiger partial charge is 0.158 e. The standard InChI is InChI=1S/C11H15N5/c1-8(13)9-2-3-16(7-9)11-6-14-10(4-12)5-15-11/h5-6,8-9H,2-3,7,13H2,1H3. The van der Waals surface area contributed by atoms with Gasteiger partial charge >= 0.3 is 0 Å². The van der Waals surface area contributed by atoms with Gasteiger partial charge in [0, 0.05) is 19.1 Å². The number of hydrogen-bond donors (Lipinski definition) is 1. The van der Waals surface area contributed by atoms with E-state index in [0.29, 0.717) is 11.6 Å². The number of hydrogen-bond acceptors (Lipinski definition) is 5. The van der Waals surface area contributed by atoms with Crippen molar-refractivity contribution in [3.63, 3.8) is 0 Å². The van der Waals surface area contributed by atoms with Crippen molar-refractivity contribution in [1.29, 1.82) is 5.26 Å². The molecule has 1 aliphatic rings. The van der Waals surface area contributed by atoms with Crippen LogP contribution in [0.4, 0.5) is 5.82 Å². The Bertz CT molecular complexity index is 392. The molecule has 1 saturated heterocycles. The lowest BCUT2D eigenvalue weighted by Gasteiger charge is -2.18. The van der Waals surface area contributed by atoms with Crippen LogP contribution in [-0.4, -0.2) is 29.1 Å². The Kier molecular flexibility index (Phi) is 3.02. The van der Waals surface area contributed by atoms with E-state index in [9.17, 15) is 0 Å². The monoisotopic (exact) mass is 217 g/mol. The van der Waals surface area contributed by atoms with E-state index in [1.165, 1.54) is 6.20 Å². The molecule has 0 amide bonds. The van der Waals surface area contributed by atoms with E-state index in [2.05, 4.69) is 14.9 Å². The van der Waals surface area contributed by atoms with Crippen LogP contribution in [0.25, 0.3) is 0 Å². The molecular formula is C11H15N5. The van der Waals surface area contributed by atoms with Crippen LogP contribution in [0.1, 0.15) is 19.0 Å². The topological polar surface area (TPSA) is 78.8 Å². The highest BCUT2D eigenvalue weighted by atomic mass is 15.2. The predicted octanol–water partition coefficient (Wildman–Crippen LogP) is 0.522. The van der Waals surface area contributed by atoms with Crippen molar-refractivity contribution >= 4 is 5.82 Å². The maximum absolute atomic E-state index is 8.63. The van der Waals surface area contributed by atoms with E-state index < -0.39 is 0 Å². The molecule has 1 aromatic rings. The van der Waals surface area contributed by atoms with Gasteiger partial charge in [-0.2, -0.15) is 5.26 Å². The summed E-state index contributed by atoms with van der Waals surface area (Å²) in [5.41, 5.74) is 6.23. The number of nitriles is 1. The summed E-state index contributed by atoms with van der Waals surface area (Å²) in [6, 6.07) is 2.18. The molecule has 2 N–H and O–H groups in total. The number of anilines is 1. The molecule has 5 nitrogen and oxygen atoms in total. The molecule has 16 heavy (non-hydrogen) atoms. The molecular weight excluding hydrogens is 202 g/mol. The van der Waals surface area contributed by atoms with Gasteiger partial charge in [-0.25, -0.2) is 9.97 Å². The molecule has 5 heteroatoms. The van der Waals surface area contributed by atoms with Crippen LogP contribution in [0.15, 0.2) is 12.4 Å². The predicted molar refractivity (Wildman–Crippen MR) is 60.7 cm³/mol. The fourth-order valence-electron chi connectivity index (χ4n) is 1.97. The molecule has 1 aromatic heterocycles. The van der Waals surface area contributed by atoms with E-state index in [1.54, 1.807) is 6.20 Å². The van der Waals surface area contributed by atoms with Crippen LogP contribution in [0.3, 0.4) is 0 Å². The molecule has 0 aromatic carbocycles. The average Bonchev–Trinajstić information content (AvgIpc) is 2.78. The minimum absolute atomic E-state index is 0.219. The van der Waals surface area contributed by atoms with Crippen LogP contribution in [0, 0.1) is 17.2 Å². The Labute approximate surface area is 94.9 Å². The van der Waals surface area contributed by atoms with Crippen molar-refractivity contribution < 1.29 is 0 Å². The van der Waals surface area contributed by atoms with Crippen LogP contribution in [0.2, 0.25) is 0 Å². The zero-order chi connectivity index (χ0) is 11.5. The third-order valence-electron chi connectivity index (χ3n) is 3.05. The lowest BCUT2D eigenvalue weighted by atomic mass is 10.0. The molecule has 0 bridgehead atoms. The normalized spacial score (nSPS) is 21.8. The highest BCUT2D eigenvalue weighted by Gasteiger charge is 2.25. The zero-order valence-electron chi connectivity index (χ0n) is 9.30. The van der Waals surface area contributed by atoms with Crippen molar-refractivity contribution in [3.05, 3.63) is 18.1 Å². The van der Waals surface area contributed by atoms with Crippen molar-refractivity contribution in [1.82, 2.24) is 9.97 Å². The first kappa shape index (κ1) is 10.8. The lowest BCUT2D eigenvalue weighted by Crippen LogP contribution is -2.30. The van der Waals surface area contributed by atoms with E-state index in [0.717, 1.165) is 25.3 Å². The molecule has 0 saturated carbocycles. The Morgan fingerprint density at radius 3 is 2.88 bits per heavy atom. The number of nitrogens with zero attached hydrogens (tertiary/aromatic N) is 4. The van der Waals surface area contributed by atoms with Gasteiger partial charge in [-0.15, -0.1) is 0 Å². The molecule has 2 heterocycles. The highest BCUT2D eigenvalue weighted by molar-refractivity contribution is 5.38. The summed E-state index contributed by atoms with van der Waals surface area (Å²) in [6.07, 6.45) is 4.26. The van der Waals surface area contributed by atoms with Gasteiger partial charge in [-0.1, -0.05) is 0 Å². The minimum atomic E-state index is 0.219. The molecule has 2 unspecified atom stereocenters. The first-order chi connectivity index (χ1) is 7.70. The van der Waals surface area contributed by atoms with Gasteiger partial charge in [-0.3, -0.25) is 0 Å². The van der Waals surface area contributed by atoms with Crippen LogP contribution in [0.5, 0.6) is 0 Å². The third kappa shape index (κ3) is 2.12. The van der Waals surface area contributed by atoms with Gasteiger partial charge in [0.05, 0.1) is 12.4 Å². The minimum Gasteiger partial charge on any atom is -0.355 e. The fourth-order valence-corrected chi connectivity index (χ4v) is 1.97. The molecule has 0 radical (unpaired) electrons. The summed E-state index contributed by atoms with van der Waals surface area (Å²) in [4.78, 5) is 10.4. The second-order valence-corrected chi connectivity index (χ2v) is 4.23. The van der Waals surface area contributed by atoms with Gasteiger partial charge in [0.2, 0.25) is 0 Å². The van der Waals surface area contributed by atoms with Crippen molar-refractivity contribution in [2.75, 3.05) is 18.0 Å². The molecule has 0 spiro atoms. The van der Waals surface area contributed by atoms with Gasteiger partial charge < -0.3 is 10.6 Å². The SMILES string of the molecule is CC(N)C1CCN(c2cnc(C#N)cn2)C1. The molecule has 0 aliphatic carbocycles. The summed E-state index contributed by atoms with van der Waals surface area (Å²) in [7, 11) is 0. The quantitative estimate of drug-likeness (QED) is 0.781. The van der Waals surface area contributed by atoms with Gasteiger partial charge in [0.15, 0.2) is 5.69 Å². The summed E-state index contributed by atoms with van der Waals surface area (Å²) < 4.78 is 0. The van der Waals surface area contributed by atoms with Gasteiger partial charge in [-0.05, 0) is 19.3 Å². The number of aromatic nitrogens is 2. The zero-order valence-corrected chi connectivity index (χ0v) is 9.30. The first-order valence-electron chi connectivity index (χ1n) is 5.43. The largest absolute Gasteiger partial charge is 0.355 e. The number of nitrogens with two attached hydrogens (primary N) is 1. The van der Waals surface area contributed by atoms with Gasteiger partial charge in [0.25, 0.3) is 0 Å². The molecule has 2 rings (SSSR count). The molecule has 84 valence electrons. The molecule has 2 atom stereocenters. The molecule has 1 aliphatic heterocycles. The van der Waals surface area contributed by atoms with E-state index >= 15 is 0 Å². The first-order valence-corrected chi connectivity index (χ1v) is 5.43. The summed E-state index contributed by atoms with van der Waals surface area (Å²) in [6.45, 7) is 3.93. The van der Waals surface area contributed by atoms with E-state index in [1.807, 2.05) is 13.0 Å². The van der Waals surface area contributed by atoms with Crippen LogP contribution in [-0.2, 0) is 0 Å². The molecule has 1 fully saturated rings. The Balaban J connectivity index is 2.06.